The monoisotopic (exact) mass is 389 g/mol. The van der Waals surface area contributed by atoms with Gasteiger partial charge in [0.15, 0.2) is 11.5 Å². The average Bonchev–Trinajstić information content (AvgIpc) is 3.03. The molecule has 0 saturated heterocycles. The van der Waals surface area contributed by atoms with Crippen LogP contribution in [0.1, 0.15) is 29.3 Å². The van der Waals surface area contributed by atoms with Crippen molar-refractivity contribution in [1.82, 2.24) is 14.8 Å². The minimum atomic E-state index is -0.500. The zero-order chi connectivity index (χ0) is 20.5. The Bertz CT molecular complexity index is 1240. The molecule has 8 nitrogen and oxygen atoms in total. The summed E-state index contributed by atoms with van der Waals surface area (Å²) in [5, 5.41) is 19.9. The van der Waals surface area contributed by atoms with E-state index in [1.807, 2.05) is 38.1 Å². The quantitative estimate of drug-likeness (QED) is 0.401. The van der Waals surface area contributed by atoms with Crippen molar-refractivity contribution in [3.63, 3.8) is 0 Å². The van der Waals surface area contributed by atoms with Gasteiger partial charge in [0.25, 0.3) is 11.6 Å². The third-order valence-electron chi connectivity index (χ3n) is 4.68. The second kappa shape index (κ2) is 7.31. The van der Waals surface area contributed by atoms with Gasteiger partial charge in [-0.05, 0) is 43.2 Å². The Hall–Kier alpha value is -3.81. The molecule has 0 atom stereocenters. The molecule has 4 rings (SSSR count). The predicted molar refractivity (Wildman–Crippen MR) is 111 cm³/mol. The van der Waals surface area contributed by atoms with Gasteiger partial charge < -0.3 is 5.32 Å². The summed E-state index contributed by atoms with van der Waals surface area (Å²) in [7, 11) is 0. The van der Waals surface area contributed by atoms with Crippen molar-refractivity contribution >= 4 is 39.3 Å². The van der Waals surface area contributed by atoms with Crippen LogP contribution in [0.25, 0.3) is 21.9 Å². The van der Waals surface area contributed by atoms with Crippen molar-refractivity contribution in [1.29, 1.82) is 0 Å². The van der Waals surface area contributed by atoms with Gasteiger partial charge in [0.2, 0.25) is 0 Å². The fourth-order valence-corrected chi connectivity index (χ4v) is 3.23. The number of nitro benzene ring substituents is 1. The van der Waals surface area contributed by atoms with Crippen LogP contribution in [-0.4, -0.2) is 25.6 Å². The molecule has 1 amide bonds. The van der Waals surface area contributed by atoms with Crippen molar-refractivity contribution in [2.75, 3.05) is 5.32 Å². The molecule has 2 aromatic carbocycles. The zero-order valence-electron chi connectivity index (χ0n) is 16.0. The number of amides is 1. The van der Waals surface area contributed by atoms with Gasteiger partial charge in [-0.1, -0.05) is 19.1 Å². The van der Waals surface area contributed by atoms with Gasteiger partial charge in [0.1, 0.15) is 0 Å². The molecule has 2 aromatic heterocycles. The van der Waals surface area contributed by atoms with Gasteiger partial charge in [-0.15, -0.1) is 0 Å². The Labute approximate surface area is 166 Å². The topological polar surface area (TPSA) is 103 Å². The molecule has 0 aliphatic heterocycles. The van der Waals surface area contributed by atoms with E-state index in [9.17, 15) is 14.9 Å². The first-order valence-corrected chi connectivity index (χ1v) is 9.30. The summed E-state index contributed by atoms with van der Waals surface area (Å²) in [6.07, 6.45) is 0.875. The van der Waals surface area contributed by atoms with E-state index in [0.29, 0.717) is 23.6 Å². The molecule has 0 unspecified atom stereocenters. The lowest BCUT2D eigenvalue weighted by Crippen LogP contribution is -2.13. The third-order valence-corrected chi connectivity index (χ3v) is 4.68. The molecule has 0 fully saturated rings. The van der Waals surface area contributed by atoms with Gasteiger partial charge in [0.05, 0.1) is 15.8 Å². The number of anilines is 1. The number of nitro groups is 1. The van der Waals surface area contributed by atoms with E-state index in [1.54, 1.807) is 4.68 Å². The summed E-state index contributed by atoms with van der Waals surface area (Å²) in [6.45, 7) is 4.74. The minimum absolute atomic E-state index is 0.0646. The van der Waals surface area contributed by atoms with E-state index in [4.69, 9.17) is 4.98 Å². The zero-order valence-corrected chi connectivity index (χ0v) is 16.0. The summed E-state index contributed by atoms with van der Waals surface area (Å²) in [5.41, 5.74) is 2.97. The lowest BCUT2D eigenvalue weighted by molar-refractivity contribution is -0.384. The van der Waals surface area contributed by atoms with Crippen LogP contribution < -0.4 is 5.32 Å². The average molecular weight is 389 g/mol. The van der Waals surface area contributed by atoms with Gasteiger partial charge in [-0.3, -0.25) is 14.9 Å². The molecule has 0 saturated carbocycles. The Morgan fingerprint density at radius 2 is 1.93 bits per heavy atom. The molecule has 4 aromatic rings. The number of carbonyl (C=O) groups is 1. The van der Waals surface area contributed by atoms with Crippen LogP contribution in [0.3, 0.4) is 0 Å². The first kappa shape index (κ1) is 18.5. The number of nitrogens with one attached hydrogen (secondary N) is 1. The number of non-ortho nitro benzene ring substituents is 1. The van der Waals surface area contributed by atoms with E-state index in [0.717, 1.165) is 28.3 Å². The summed E-state index contributed by atoms with van der Waals surface area (Å²) in [6, 6.07) is 13.5. The number of pyridine rings is 1. The minimum Gasteiger partial charge on any atom is -0.305 e. The maximum Gasteiger partial charge on any atom is 0.269 e. The number of hydrogen-bond donors (Lipinski definition) is 1. The maximum absolute atomic E-state index is 12.7. The van der Waals surface area contributed by atoms with Crippen molar-refractivity contribution in [2.24, 2.45) is 0 Å². The van der Waals surface area contributed by atoms with Crippen molar-refractivity contribution in [3.05, 3.63) is 69.8 Å². The molecule has 29 heavy (non-hydrogen) atoms. The van der Waals surface area contributed by atoms with Gasteiger partial charge in [-0.2, -0.15) is 5.10 Å². The fourth-order valence-electron chi connectivity index (χ4n) is 3.23. The third kappa shape index (κ3) is 3.52. The number of benzene rings is 2. The van der Waals surface area contributed by atoms with Crippen LogP contribution in [-0.2, 0) is 6.54 Å². The fraction of sp³-hybridized carbons (Fsp3) is 0.190. The van der Waals surface area contributed by atoms with Crippen molar-refractivity contribution < 1.29 is 9.72 Å². The van der Waals surface area contributed by atoms with E-state index in [-0.39, 0.29) is 11.6 Å². The van der Waals surface area contributed by atoms with Crippen LogP contribution in [0, 0.1) is 17.0 Å². The summed E-state index contributed by atoms with van der Waals surface area (Å²) in [5.74, 6) is 0.0405. The highest BCUT2D eigenvalue weighted by molar-refractivity contribution is 6.09. The number of fused-ring (bicyclic) bond motifs is 2. The van der Waals surface area contributed by atoms with Crippen molar-refractivity contribution in [3.8, 4) is 0 Å². The molecule has 0 spiro atoms. The molecular weight excluding hydrogens is 370 g/mol. The number of carbonyl (C=O) groups excluding carboxylic acids is 1. The molecule has 0 aliphatic carbocycles. The number of aromatic nitrogens is 3. The van der Waals surface area contributed by atoms with Crippen molar-refractivity contribution in [2.45, 2.75) is 26.8 Å². The number of rotatable bonds is 5. The predicted octanol–water partition coefficient (Wildman–Crippen LogP) is 4.46. The Morgan fingerprint density at radius 1 is 1.17 bits per heavy atom. The molecule has 0 aliphatic rings. The number of aryl methyl sites for hydroxylation is 2. The lowest BCUT2D eigenvalue weighted by atomic mass is 10.1. The first-order chi connectivity index (χ1) is 14.0. The van der Waals surface area contributed by atoms with Gasteiger partial charge in [-0.25, -0.2) is 9.67 Å². The van der Waals surface area contributed by atoms with Crippen LogP contribution in [0.15, 0.2) is 48.5 Å². The Morgan fingerprint density at radius 3 is 2.62 bits per heavy atom. The normalized spacial score (nSPS) is 11.1. The molecule has 0 bridgehead atoms. The molecule has 8 heteroatoms. The second-order valence-corrected chi connectivity index (χ2v) is 6.89. The lowest BCUT2D eigenvalue weighted by Gasteiger charge is -2.03. The molecular formula is C21H19N5O3. The highest BCUT2D eigenvalue weighted by Gasteiger charge is 2.17. The van der Waals surface area contributed by atoms with Gasteiger partial charge in [0, 0.05) is 29.6 Å². The largest absolute Gasteiger partial charge is 0.305 e. The smallest absolute Gasteiger partial charge is 0.269 e. The van der Waals surface area contributed by atoms with Crippen LogP contribution in [0.4, 0.5) is 11.5 Å². The summed E-state index contributed by atoms with van der Waals surface area (Å²) >= 11 is 0. The van der Waals surface area contributed by atoms with Crippen LogP contribution in [0.2, 0.25) is 0 Å². The molecule has 146 valence electrons. The van der Waals surface area contributed by atoms with E-state index >= 15 is 0 Å². The first-order valence-electron chi connectivity index (χ1n) is 9.30. The molecule has 0 radical (unpaired) electrons. The summed E-state index contributed by atoms with van der Waals surface area (Å²) in [4.78, 5) is 27.7. The standard InChI is InChI=1S/C21H19N5O3/c1-3-10-25-20-17(12-15-5-4-13(2)11-18(15)22-20)19(24-25)23-21(27)14-6-8-16(9-7-14)26(28)29/h4-9,11-12H,3,10H2,1-2H3,(H,23,24,27). The van der Waals surface area contributed by atoms with E-state index < -0.39 is 4.92 Å². The van der Waals surface area contributed by atoms with Crippen LogP contribution in [0.5, 0.6) is 0 Å². The SMILES string of the molecule is CCCn1nc(NC(=O)c2ccc([N+](=O)[O-])cc2)c2cc3ccc(C)cc3nc21. The Kier molecular flexibility index (Phi) is 4.67. The Balaban J connectivity index is 1.75. The molecule has 2 heterocycles. The second-order valence-electron chi connectivity index (χ2n) is 6.89. The number of nitrogens with zero attached hydrogens (tertiary/aromatic N) is 4. The maximum atomic E-state index is 12.7. The van der Waals surface area contributed by atoms with Gasteiger partial charge >= 0.3 is 0 Å². The number of hydrogen-bond acceptors (Lipinski definition) is 5. The van der Waals surface area contributed by atoms with E-state index in [1.165, 1.54) is 24.3 Å². The van der Waals surface area contributed by atoms with E-state index in [2.05, 4.69) is 10.4 Å². The summed E-state index contributed by atoms with van der Waals surface area (Å²) < 4.78 is 1.79. The molecule has 1 N–H and O–H groups in total. The highest BCUT2D eigenvalue weighted by Crippen LogP contribution is 2.27. The van der Waals surface area contributed by atoms with Crippen LogP contribution >= 0.6 is 0 Å². The highest BCUT2D eigenvalue weighted by atomic mass is 16.6.